The molecule has 2 heterocycles. The largest absolute Gasteiger partial charge is 0.380 e. The van der Waals surface area contributed by atoms with E-state index in [-0.39, 0.29) is 5.75 Å². The normalized spacial score (nSPS) is 11.8. The molecule has 2 rings (SSSR count). The molecule has 3 N–H and O–H groups in total. The summed E-state index contributed by atoms with van der Waals surface area (Å²) in [5.74, 6) is -0.00565. The van der Waals surface area contributed by atoms with Crippen LogP contribution < -0.4 is 9.32 Å². The van der Waals surface area contributed by atoms with Crippen LogP contribution >= 0.6 is 0 Å². The number of aromatic amines is 1. The molecule has 0 atom stereocenters. The Morgan fingerprint density at radius 2 is 2.21 bits per heavy atom. The highest BCUT2D eigenvalue weighted by molar-refractivity contribution is 7.84. The summed E-state index contributed by atoms with van der Waals surface area (Å²) in [7, 11) is -4.03. The second-order valence-electron chi connectivity index (χ2n) is 2.41. The molecule has 0 aromatic carbocycles. The van der Waals surface area contributed by atoms with Gasteiger partial charge in [-0.15, -0.1) is 5.10 Å². The number of nitrogens with one attached hydrogen (secondary N) is 1. The van der Waals surface area contributed by atoms with E-state index in [0.717, 1.165) is 0 Å². The summed E-state index contributed by atoms with van der Waals surface area (Å²) in [6.07, 6.45) is 1.19. The van der Waals surface area contributed by atoms with Gasteiger partial charge in [-0.2, -0.15) is 23.9 Å². The molecule has 0 saturated heterocycles. The van der Waals surface area contributed by atoms with Crippen molar-refractivity contribution in [3.63, 3.8) is 0 Å². The van der Waals surface area contributed by atoms with Gasteiger partial charge in [0.05, 0.1) is 6.20 Å². The fourth-order valence-corrected chi connectivity index (χ4v) is 1.26. The maximum absolute atomic E-state index is 10.6. The first kappa shape index (κ1) is 8.84. The molecule has 0 saturated carbocycles. The van der Waals surface area contributed by atoms with E-state index < -0.39 is 10.3 Å². The maximum Gasteiger partial charge on any atom is 0.380 e. The van der Waals surface area contributed by atoms with E-state index in [0.29, 0.717) is 11.2 Å². The molecule has 0 bridgehead atoms. The number of fused-ring (bicyclic) bond motifs is 1. The SMILES string of the molecule is NS(=O)(=O)Oc1cnc2n[nH]nc2c1. The van der Waals surface area contributed by atoms with Crippen LogP contribution in [0.5, 0.6) is 5.75 Å². The van der Waals surface area contributed by atoms with E-state index in [1.807, 2.05) is 0 Å². The van der Waals surface area contributed by atoms with Crippen molar-refractivity contribution in [3.05, 3.63) is 12.3 Å². The van der Waals surface area contributed by atoms with Gasteiger partial charge in [0.25, 0.3) is 0 Å². The van der Waals surface area contributed by atoms with Gasteiger partial charge < -0.3 is 4.18 Å². The first-order valence-electron chi connectivity index (χ1n) is 3.43. The first-order chi connectivity index (χ1) is 6.54. The van der Waals surface area contributed by atoms with Gasteiger partial charge in [-0.05, 0) is 0 Å². The quantitative estimate of drug-likeness (QED) is 0.657. The highest BCUT2D eigenvalue weighted by atomic mass is 32.2. The fourth-order valence-electron chi connectivity index (χ4n) is 0.902. The number of hydrogen-bond donors (Lipinski definition) is 2. The number of H-pyrrole nitrogens is 1. The van der Waals surface area contributed by atoms with Crippen molar-refractivity contribution in [1.82, 2.24) is 20.4 Å². The zero-order chi connectivity index (χ0) is 10.2. The molecule has 2 aromatic rings. The van der Waals surface area contributed by atoms with E-state index in [1.54, 1.807) is 0 Å². The molecule has 0 aliphatic heterocycles. The van der Waals surface area contributed by atoms with Crippen molar-refractivity contribution in [2.24, 2.45) is 5.14 Å². The summed E-state index contributed by atoms with van der Waals surface area (Å²) in [6, 6.07) is 1.36. The van der Waals surface area contributed by atoms with Gasteiger partial charge >= 0.3 is 10.3 Å². The lowest BCUT2D eigenvalue weighted by molar-refractivity contribution is 0.487. The van der Waals surface area contributed by atoms with E-state index in [4.69, 9.17) is 0 Å². The second-order valence-corrected chi connectivity index (χ2v) is 3.57. The summed E-state index contributed by atoms with van der Waals surface area (Å²) in [5.41, 5.74) is 0.762. The third-order valence-electron chi connectivity index (χ3n) is 1.36. The standard InChI is InChI=1S/C5H5N5O3S/c6-14(11,12)13-3-1-4-5(7-2-3)9-10-8-4/h1-2H,(H2,6,11,12)(H,7,8,9,10). The fraction of sp³-hybridized carbons (Fsp3) is 0. The van der Waals surface area contributed by atoms with Crippen LogP contribution in [0, 0.1) is 0 Å². The van der Waals surface area contributed by atoms with Crippen molar-refractivity contribution < 1.29 is 12.6 Å². The van der Waals surface area contributed by atoms with E-state index in [9.17, 15) is 8.42 Å². The molecule has 14 heavy (non-hydrogen) atoms. The van der Waals surface area contributed by atoms with Crippen LogP contribution in [-0.4, -0.2) is 28.8 Å². The molecule has 2 aromatic heterocycles. The lowest BCUT2D eigenvalue weighted by Gasteiger charge is -1.99. The van der Waals surface area contributed by atoms with Crippen LogP contribution in [0.15, 0.2) is 12.3 Å². The molecular weight excluding hydrogens is 210 g/mol. The van der Waals surface area contributed by atoms with Crippen LogP contribution in [-0.2, 0) is 10.3 Å². The molecule has 9 heteroatoms. The minimum absolute atomic E-state index is 0.00565. The van der Waals surface area contributed by atoms with Gasteiger partial charge in [-0.3, -0.25) is 0 Å². The van der Waals surface area contributed by atoms with Crippen LogP contribution in [0.25, 0.3) is 11.2 Å². The molecular formula is C5H5N5O3S. The van der Waals surface area contributed by atoms with Crippen LogP contribution in [0.2, 0.25) is 0 Å². The topological polar surface area (TPSA) is 124 Å². The van der Waals surface area contributed by atoms with E-state index >= 15 is 0 Å². The number of aromatic nitrogens is 4. The number of rotatable bonds is 2. The molecule has 74 valence electrons. The monoisotopic (exact) mass is 215 g/mol. The van der Waals surface area contributed by atoms with Gasteiger partial charge in [-0.25, -0.2) is 4.98 Å². The Morgan fingerprint density at radius 3 is 2.93 bits per heavy atom. The summed E-state index contributed by atoms with van der Waals surface area (Å²) in [4.78, 5) is 3.78. The Balaban J connectivity index is 2.44. The molecule has 0 spiro atoms. The number of hydrogen-bond acceptors (Lipinski definition) is 6. The Morgan fingerprint density at radius 1 is 1.43 bits per heavy atom. The molecule has 0 fully saturated rings. The summed E-state index contributed by atoms with van der Waals surface area (Å²) < 4.78 is 25.5. The third kappa shape index (κ3) is 1.78. The second kappa shape index (κ2) is 2.89. The van der Waals surface area contributed by atoms with Crippen molar-refractivity contribution in [2.45, 2.75) is 0 Å². The third-order valence-corrected chi connectivity index (χ3v) is 1.79. The maximum atomic E-state index is 10.6. The molecule has 0 amide bonds. The average molecular weight is 215 g/mol. The molecule has 0 radical (unpaired) electrons. The minimum atomic E-state index is -4.03. The summed E-state index contributed by atoms with van der Waals surface area (Å²) >= 11 is 0. The molecule has 0 aliphatic rings. The zero-order valence-electron chi connectivity index (χ0n) is 6.71. The van der Waals surface area contributed by atoms with Crippen LogP contribution in [0.3, 0.4) is 0 Å². The van der Waals surface area contributed by atoms with Crippen LogP contribution in [0.4, 0.5) is 0 Å². The van der Waals surface area contributed by atoms with Gasteiger partial charge in [0.1, 0.15) is 5.52 Å². The molecule has 0 aliphatic carbocycles. The Kier molecular flexibility index (Phi) is 1.82. The van der Waals surface area contributed by atoms with Gasteiger partial charge in [-0.1, -0.05) is 0 Å². The molecule has 8 nitrogen and oxygen atoms in total. The first-order valence-corrected chi connectivity index (χ1v) is 4.90. The predicted molar refractivity (Wildman–Crippen MR) is 45.4 cm³/mol. The predicted octanol–water partition coefficient (Wildman–Crippen LogP) is -1.06. The lowest BCUT2D eigenvalue weighted by atomic mass is 10.4. The highest BCUT2D eigenvalue weighted by Crippen LogP contribution is 2.14. The number of nitrogens with two attached hydrogens (primary N) is 1. The van der Waals surface area contributed by atoms with Crippen molar-refractivity contribution >= 4 is 21.5 Å². The Hall–Kier alpha value is -1.74. The molecule has 0 unspecified atom stereocenters. The lowest BCUT2D eigenvalue weighted by Crippen LogP contribution is -2.18. The van der Waals surface area contributed by atoms with Crippen LogP contribution in [0.1, 0.15) is 0 Å². The minimum Gasteiger partial charge on any atom is -0.369 e. The van der Waals surface area contributed by atoms with Gasteiger partial charge in [0.15, 0.2) is 5.75 Å². The van der Waals surface area contributed by atoms with E-state index in [1.165, 1.54) is 12.3 Å². The van der Waals surface area contributed by atoms with Crippen molar-refractivity contribution in [1.29, 1.82) is 0 Å². The number of pyridine rings is 1. The van der Waals surface area contributed by atoms with E-state index in [2.05, 4.69) is 29.7 Å². The van der Waals surface area contributed by atoms with Gasteiger partial charge in [0.2, 0.25) is 5.65 Å². The average Bonchev–Trinajstić information content (AvgIpc) is 2.47. The summed E-state index contributed by atoms with van der Waals surface area (Å²) in [5, 5.41) is 14.4. The van der Waals surface area contributed by atoms with Crippen molar-refractivity contribution in [3.8, 4) is 5.75 Å². The van der Waals surface area contributed by atoms with Crippen molar-refractivity contribution in [2.75, 3.05) is 0 Å². The smallest absolute Gasteiger partial charge is 0.369 e. The highest BCUT2D eigenvalue weighted by Gasteiger charge is 2.07. The number of nitrogens with zero attached hydrogens (tertiary/aromatic N) is 3. The Bertz CT molecular complexity index is 562. The van der Waals surface area contributed by atoms with Gasteiger partial charge in [0, 0.05) is 6.07 Å². The zero-order valence-corrected chi connectivity index (χ0v) is 7.52. The Labute approximate surface area is 78.3 Å². The summed E-state index contributed by atoms with van der Waals surface area (Å²) in [6.45, 7) is 0.